The Labute approximate surface area is 143 Å². The number of nitrogens with one attached hydrogen (secondary N) is 1. The molecule has 1 unspecified atom stereocenters. The average molecular weight is 332 g/mol. The van der Waals surface area contributed by atoms with E-state index in [0.717, 1.165) is 19.5 Å². The number of nitrogens with zero attached hydrogens (tertiary/aromatic N) is 1. The number of anilines is 2. The topological polar surface area (TPSA) is 58.4 Å². The molecule has 1 fully saturated rings. The molecule has 0 saturated carbocycles. The van der Waals surface area contributed by atoms with Crippen molar-refractivity contribution in [3.63, 3.8) is 0 Å². The second kappa shape index (κ2) is 7.88. The van der Waals surface area contributed by atoms with Crippen LogP contribution in [-0.2, 0) is 0 Å². The second-order valence-electron chi connectivity index (χ2n) is 5.77. The van der Waals surface area contributed by atoms with E-state index < -0.39 is 0 Å². The minimum atomic E-state index is -0.0295. The Balaban J connectivity index is 0.00000192. The Kier molecular flexibility index (Phi) is 5.88. The van der Waals surface area contributed by atoms with Gasteiger partial charge in [0.2, 0.25) is 0 Å². The van der Waals surface area contributed by atoms with Gasteiger partial charge in [-0.05, 0) is 48.7 Å². The maximum Gasteiger partial charge on any atom is 0.251 e. The molecule has 3 N–H and O–H groups in total. The smallest absolute Gasteiger partial charge is 0.251 e. The van der Waals surface area contributed by atoms with Gasteiger partial charge in [-0.15, -0.1) is 12.4 Å². The number of nitrogen functional groups attached to an aromatic ring is 1. The van der Waals surface area contributed by atoms with Crippen molar-refractivity contribution in [2.24, 2.45) is 5.92 Å². The molecule has 0 aromatic heterocycles. The molecule has 0 spiro atoms. The summed E-state index contributed by atoms with van der Waals surface area (Å²) in [5.74, 6) is 0.469. The van der Waals surface area contributed by atoms with Gasteiger partial charge in [0.1, 0.15) is 0 Å². The van der Waals surface area contributed by atoms with Crippen molar-refractivity contribution in [2.45, 2.75) is 6.42 Å². The third-order valence-electron chi connectivity index (χ3n) is 4.13. The van der Waals surface area contributed by atoms with Gasteiger partial charge >= 0.3 is 0 Å². The second-order valence-corrected chi connectivity index (χ2v) is 5.77. The molecular weight excluding hydrogens is 310 g/mol. The van der Waals surface area contributed by atoms with Crippen LogP contribution >= 0.6 is 12.4 Å². The number of carbonyl (C=O) groups is 1. The zero-order valence-corrected chi connectivity index (χ0v) is 13.8. The normalized spacial score (nSPS) is 16.7. The lowest BCUT2D eigenvalue weighted by Crippen LogP contribution is -2.31. The molecule has 4 nitrogen and oxygen atoms in total. The Morgan fingerprint density at radius 3 is 2.52 bits per heavy atom. The van der Waals surface area contributed by atoms with Crippen LogP contribution in [-0.4, -0.2) is 25.5 Å². The summed E-state index contributed by atoms with van der Waals surface area (Å²) in [5, 5.41) is 3.03. The molecule has 0 aliphatic carbocycles. The van der Waals surface area contributed by atoms with E-state index in [1.807, 2.05) is 6.07 Å². The number of hydrogen-bond acceptors (Lipinski definition) is 3. The van der Waals surface area contributed by atoms with Crippen LogP contribution in [0.15, 0.2) is 54.6 Å². The summed E-state index contributed by atoms with van der Waals surface area (Å²) in [7, 11) is 0. The van der Waals surface area contributed by atoms with Crippen molar-refractivity contribution in [1.29, 1.82) is 0 Å². The predicted molar refractivity (Wildman–Crippen MR) is 97.2 cm³/mol. The molecule has 2 aromatic carbocycles. The number of benzene rings is 2. The van der Waals surface area contributed by atoms with E-state index in [9.17, 15) is 4.79 Å². The van der Waals surface area contributed by atoms with Crippen LogP contribution in [0.1, 0.15) is 16.8 Å². The quantitative estimate of drug-likeness (QED) is 0.847. The third kappa shape index (κ3) is 4.39. The number of nitrogens with two attached hydrogens (primary N) is 1. The van der Waals surface area contributed by atoms with Gasteiger partial charge in [0, 0.05) is 36.6 Å². The van der Waals surface area contributed by atoms with Crippen molar-refractivity contribution in [3.8, 4) is 0 Å². The first kappa shape index (κ1) is 17.2. The molecule has 1 saturated heterocycles. The Morgan fingerprint density at radius 2 is 1.83 bits per heavy atom. The lowest BCUT2D eigenvalue weighted by atomic mass is 10.1. The predicted octanol–water partition coefficient (Wildman–Crippen LogP) is 2.95. The fraction of sp³-hybridized carbons (Fsp3) is 0.278. The van der Waals surface area contributed by atoms with Gasteiger partial charge in [0.15, 0.2) is 0 Å². The van der Waals surface area contributed by atoms with Crippen molar-refractivity contribution in [1.82, 2.24) is 5.32 Å². The maximum absolute atomic E-state index is 12.1. The zero-order chi connectivity index (χ0) is 15.4. The lowest BCUT2D eigenvalue weighted by Gasteiger charge is -2.18. The molecular formula is C18H22ClN3O. The first-order chi connectivity index (χ1) is 10.7. The largest absolute Gasteiger partial charge is 0.399 e. The number of hydrogen-bond donors (Lipinski definition) is 2. The van der Waals surface area contributed by atoms with Crippen LogP contribution in [0.3, 0.4) is 0 Å². The van der Waals surface area contributed by atoms with Gasteiger partial charge in [-0.2, -0.15) is 0 Å². The highest BCUT2D eigenvalue weighted by Crippen LogP contribution is 2.23. The van der Waals surface area contributed by atoms with Gasteiger partial charge in [-0.1, -0.05) is 18.2 Å². The Morgan fingerprint density at radius 1 is 1.13 bits per heavy atom. The van der Waals surface area contributed by atoms with Crippen molar-refractivity contribution < 1.29 is 4.79 Å². The van der Waals surface area contributed by atoms with Crippen LogP contribution in [0.2, 0.25) is 0 Å². The minimum absolute atomic E-state index is 0. The summed E-state index contributed by atoms with van der Waals surface area (Å²) < 4.78 is 0. The van der Waals surface area contributed by atoms with Crippen LogP contribution in [0.4, 0.5) is 11.4 Å². The lowest BCUT2D eigenvalue weighted by molar-refractivity contribution is 0.0948. The SMILES string of the molecule is Cl.Nc1ccc(C(=O)NCC2CCN(c3ccccc3)C2)cc1. The summed E-state index contributed by atoms with van der Waals surface area (Å²) >= 11 is 0. The summed E-state index contributed by atoms with van der Waals surface area (Å²) in [6, 6.07) is 17.4. The highest BCUT2D eigenvalue weighted by Gasteiger charge is 2.23. The fourth-order valence-electron chi connectivity index (χ4n) is 2.85. The van der Waals surface area contributed by atoms with Gasteiger partial charge in [0.05, 0.1) is 0 Å². The van der Waals surface area contributed by atoms with Gasteiger partial charge in [-0.25, -0.2) is 0 Å². The average Bonchev–Trinajstić information content (AvgIpc) is 3.03. The van der Waals surface area contributed by atoms with Crippen molar-refractivity contribution >= 4 is 29.7 Å². The summed E-state index contributed by atoms with van der Waals surface area (Å²) in [6.45, 7) is 2.75. The standard InChI is InChI=1S/C18H21N3O.ClH/c19-16-8-6-15(7-9-16)18(22)20-12-14-10-11-21(13-14)17-4-2-1-3-5-17;/h1-9,14H,10-13,19H2,(H,20,22);1H. The van der Waals surface area contributed by atoms with Crippen molar-refractivity contribution in [2.75, 3.05) is 30.3 Å². The molecule has 2 aromatic rings. The molecule has 3 rings (SSSR count). The van der Waals surface area contributed by atoms with E-state index in [1.165, 1.54) is 5.69 Å². The fourth-order valence-corrected chi connectivity index (χ4v) is 2.85. The number of para-hydroxylation sites is 1. The monoisotopic (exact) mass is 331 g/mol. The van der Waals surface area contributed by atoms with Crippen molar-refractivity contribution in [3.05, 3.63) is 60.2 Å². The Hall–Kier alpha value is -2.20. The molecule has 1 atom stereocenters. The van der Waals surface area contributed by atoms with Gasteiger partial charge < -0.3 is 16.0 Å². The number of rotatable bonds is 4. The van der Waals surface area contributed by atoms with E-state index in [0.29, 0.717) is 23.7 Å². The van der Waals surface area contributed by atoms with E-state index >= 15 is 0 Å². The minimum Gasteiger partial charge on any atom is -0.399 e. The van der Waals surface area contributed by atoms with Crippen LogP contribution in [0, 0.1) is 5.92 Å². The molecule has 0 radical (unpaired) electrons. The molecule has 23 heavy (non-hydrogen) atoms. The van der Waals surface area contributed by atoms with Crippen LogP contribution in [0.5, 0.6) is 0 Å². The molecule has 1 amide bonds. The van der Waals surface area contributed by atoms with E-state index in [-0.39, 0.29) is 18.3 Å². The highest BCUT2D eigenvalue weighted by molar-refractivity contribution is 5.94. The number of halogens is 1. The maximum atomic E-state index is 12.1. The summed E-state index contributed by atoms with van der Waals surface area (Å²) in [5.41, 5.74) is 8.22. The first-order valence-electron chi connectivity index (χ1n) is 7.66. The van der Waals surface area contributed by atoms with Gasteiger partial charge in [0.25, 0.3) is 5.91 Å². The summed E-state index contributed by atoms with van der Waals surface area (Å²) in [6.07, 6.45) is 1.11. The molecule has 1 aliphatic heterocycles. The molecule has 0 bridgehead atoms. The summed E-state index contributed by atoms with van der Waals surface area (Å²) in [4.78, 5) is 14.5. The molecule has 1 heterocycles. The molecule has 5 heteroatoms. The third-order valence-corrected chi connectivity index (χ3v) is 4.13. The van der Waals surface area contributed by atoms with Crippen LogP contribution < -0.4 is 16.0 Å². The first-order valence-corrected chi connectivity index (χ1v) is 7.66. The molecule has 122 valence electrons. The van der Waals surface area contributed by atoms with E-state index in [1.54, 1.807) is 24.3 Å². The number of amides is 1. The number of carbonyl (C=O) groups excluding carboxylic acids is 1. The van der Waals surface area contributed by atoms with E-state index in [4.69, 9.17) is 5.73 Å². The zero-order valence-electron chi connectivity index (χ0n) is 12.9. The molecule has 1 aliphatic rings. The Bertz CT molecular complexity index is 630. The van der Waals surface area contributed by atoms with Gasteiger partial charge in [-0.3, -0.25) is 4.79 Å². The van der Waals surface area contributed by atoms with Crippen LogP contribution in [0.25, 0.3) is 0 Å². The highest BCUT2D eigenvalue weighted by atomic mass is 35.5. The van der Waals surface area contributed by atoms with E-state index in [2.05, 4.69) is 34.5 Å².